The summed E-state index contributed by atoms with van der Waals surface area (Å²) in [6, 6.07) is 7.64. The molecule has 0 unspecified atom stereocenters. The van der Waals surface area contributed by atoms with Crippen molar-refractivity contribution >= 4 is 29.3 Å². The third-order valence-corrected chi connectivity index (χ3v) is 4.97. The van der Waals surface area contributed by atoms with Crippen molar-refractivity contribution in [2.45, 2.75) is 32.4 Å². The summed E-state index contributed by atoms with van der Waals surface area (Å²) >= 11 is 1.57. The summed E-state index contributed by atoms with van der Waals surface area (Å²) in [5, 5.41) is 15.9. The molecule has 0 aliphatic carbocycles. The Labute approximate surface area is 151 Å². The van der Waals surface area contributed by atoms with Crippen LogP contribution >= 0.6 is 11.8 Å². The molecule has 134 valence electrons. The average molecular weight is 361 g/mol. The summed E-state index contributed by atoms with van der Waals surface area (Å²) in [7, 11) is 1.87. The molecule has 0 aliphatic heterocycles. The highest BCUT2D eigenvalue weighted by Crippen LogP contribution is 2.18. The van der Waals surface area contributed by atoms with Crippen LogP contribution in [0, 0.1) is 13.8 Å². The number of aromatic nitrogens is 2. The van der Waals surface area contributed by atoms with Crippen molar-refractivity contribution in [3.05, 3.63) is 46.8 Å². The second-order valence-corrected chi connectivity index (χ2v) is 7.00. The zero-order chi connectivity index (χ0) is 18.4. The van der Waals surface area contributed by atoms with E-state index in [1.807, 2.05) is 45.2 Å². The van der Waals surface area contributed by atoms with Gasteiger partial charge in [-0.05, 0) is 31.5 Å². The van der Waals surface area contributed by atoms with E-state index in [2.05, 4.69) is 10.4 Å². The first-order valence-electron chi connectivity index (χ1n) is 8.04. The molecule has 0 spiro atoms. The van der Waals surface area contributed by atoms with Crippen LogP contribution in [0.15, 0.2) is 24.3 Å². The van der Waals surface area contributed by atoms with Crippen LogP contribution in [0.1, 0.15) is 28.9 Å². The Kier molecular flexibility index (Phi) is 6.64. The van der Waals surface area contributed by atoms with Gasteiger partial charge in [-0.15, -0.1) is 0 Å². The van der Waals surface area contributed by atoms with Crippen molar-refractivity contribution < 1.29 is 14.7 Å². The molecule has 0 atom stereocenters. The SMILES string of the molecule is Cc1nn(C)c(C)c1CC(=O)Nc1cccc(CSCCC(=O)O)c1. The van der Waals surface area contributed by atoms with E-state index in [0.717, 1.165) is 34.0 Å². The van der Waals surface area contributed by atoms with E-state index in [1.165, 1.54) is 0 Å². The molecule has 0 bridgehead atoms. The molecule has 2 aromatic rings. The number of carboxylic acid groups (broad SMARTS) is 1. The summed E-state index contributed by atoms with van der Waals surface area (Å²) in [6.45, 7) is 3.86. The van der Waals surface area contributed by atoms with E-state index in [9.17, 15) is 9.59 Å². The molecule has 0 radical (unpaired) electrons. The fourth-order valence-corrected chi connectivity index (χ4v) is 3.41. The van der Waals surface area contributed by atoms with Gasteiger partial charge in [0.2, 0.25) is 5.91 Å². The molecule has 7 heteroatoms. The highest BCUT2D eigenvalue weighted by Gasteiger charge is 2.13. The molecule has 1 aromatic heterocycles. The molecule has 0 saturated heterocycles. The number of hydrogen-bond donors (Lipinski definition) is 2. The number of hydrogen-bond acceptors (Lipinski definition) is 4. The number of rotatable bonds is 8. The quantitative estimate of drug-likeness (QED) is 0.706. The van der Waals surface area contributed by atoms with Gasteiger partial charge in [-0.2, -0.15) is 16.9 Å². The Morgan fingerprint density at radius 2 is 2.08 bits per heavy atom. The minimum absolute atomic E-state index is 0.0742. The van der Waals surface area contributed by atoms with E-state index < -0.39 is 5.97 Å². The number of aryl methyl sites for hydroxylation is 2. The number of nitrogens with one attached hydrogen (secondary N) is 1. The lowest BCUT2D eigenvalue weighted by Gasteiger charge is -2.08. The van der Waals surface area contributed by atoms with Crippen molar-refractivity contribution in [1.29, 1.82) is 0 Å². The summed E-state index contributed by atoms with van der Waals surface area (Å²) in [5.74, 6) is 0.438. The van der Waals surface area contributed by atoms with E-state index in [0.29, 0.717) is 12.2 Å². The van der Waals surface area contributed by atoms with Crippen LogP contribution in [0.25, 0.3) is 0 Å². The number of nitrogens with zero attached hydrogens (tertiary/aromatic N) is 2. The number of benzene rings is 1. The number of thioether (sulfide) groups is 1. The van der Waals surface area contributed by atoms with Gasteiger partial charge in [-0.25, -0.2) is 0 Å². The second kappa shape index (κ2) is 8.71. The minimum atomic E-state index is -0.783. The Balaban J connectivity index is 1.92. The molecule has 0 fully saturated rings. The minimum Gasteiger partial charge on any atom is -0.481 e. The standard InChI is InChI=1S/C18H23N3O3S/c1-12-16(13(2)21(3)20-12)10-17(22)19-15-6-4-5-14(9-15)11-25-8-7-18(23)24/h4-6,9H,7-8,10-11H2,1-3H3,(H,19,22)(H,23,24). The van der Waals surface area contributed by atoms with Gasteiger partial charge in [-0.3, -0.25) is 14.3 Å². The highest BCUT2D eigenvalue weighted by atomic mass is 32.2. The van der Waals surface area contributed by atoms with Crippen LogP contribution in [0.3, 0.4) is 0 Å². The normalized spacial score (nSPS) is 10.7. The number of carboxylic acids is 1. The van der Waals surface area contributed by atoms with Crippen LogP contribution in [-0.2, 0) is 28.8 Å². The van der Waals surface area contributed by atoms with Crippen molar-refractivity contribution in [2.75, 3.05) is 11.1 Å². The molecule has 1 amide bonds. The van der Waals surface area contributed by atoms with Crippen molar-refractivity contribution in [3.8, 4) is 0 Å². The topological polar surface area (TPSA) is 84.2 Å². The van der Waals surface area contributed by atoms with Crippen LogP contribution in [0.5, 0.6) is 0 Å². The molecule has 1 heterocycles. The number of carbonyl (C=O) groups is 2. The maximum absolute atomic E-state index is 12.3. The lowest BCUT2D eigenvalue weighted by Crippen LogP contribution is -2.15. The molecule has 0 aliphatic rings. The van der Waals surface area contributed by atoms with Gasteiger partial charge in [-0.1, -0.05) is 12.1 Å². The van der Waals surface area contributed by atoms with Gasteiger partial charge in [0.05, 0.1) is 18.5 Å². The third-order valence-electron chi connectivity index (χ3n) is 3.94. The average Bonchev–Trinajstić information content (AvgIpc) is 2.78. The Hall–Kier alpha value is -2.28. The first-order valence-corrected chi connectivity index (χ1v) is 9.19. The van der Waals surface area contributed by atoms with Crippen LogP contribution in [0.2, 0.25) is 0 Å². The molecular weight excluding hydrogens is 338 g/mol. The van der Waals surface area contributed by atoms with Gasteiger partial charge in [0.15, 0.2) is 0 Å². The van der Waals surface area contributed by atoms with E-state index >= 15 is 0 Å². The van der Waals surface area contributed by atoms with Gasteiger partial charge >= 0.3 is 5.97 Å². The zero-order valence-corrected chi connectivity index (χ0v) is 15.5. The second-order valence-electron chi connectivity index (χ2n) is 5.89. The lowest BCUT2D eigenvalue weighted by atomic mass is 10.1. The Morgan fingerprint density at radius 3 is 2.72 bits per heavy atom. The molecule has 2 N–H and O–H groups in total. The summed E-state index contributed by atoms with van der Waals surface area (Å²) in [4.78, 5) is 22.8. The fourth-order valence-electron chi connectivity index (χ4n) is 2.53. The predicted octanol–water partition coefficient (Wildman–Crippen LogP) is 2.93. The number of aliphatic carboxylic acids is 1. The lowest BCUT2D eigenvalue weighted by molar-refractivity contribution is -0.136. The largest absolute Gasteiger partial charge is 0.481 e. The smallest absolute Gasteiger partial charge is 0.304 e. The number of carbonyl (C=O) groups excluding carboxylic acids is 1. The van der Waals surface area contributed by atoms with Crippen molar-refractivity contribution in [3.63, 3.8) is 0 Å². The van der Waals surface area contributed by atoms with Crippen LogP contribution in [0.4, 0.5) is 5.69 Å². The predicted molar refractivity (Wildman–Crippen MR) is 99.9 cm³/mol. The maximum atomic E-state index is 12.3. The summed E-state index contributed by atoms with van der Waals surface area (Å²) < 4.78 is 1.78. The highest BCUT2D eigenvalue weighted by molar-refractivity contribution is 7.98. The van der Waals surface area contributed by atoms with Gasteiger partial charge < -0.3 is 10.4 Å². The zero-order valence-electron chi connectivity index (χ0n) is 14.7. The van der Waals surface area contributed by atoms with Gasteiger partial charge in [0.1, 0.15) is 0 Å². The number of anilines is 1. The van der Waals surface area contributed by atoms with E-state index in [4.69, 9.17) is 5.11 Å². The molecular formula is C18H23N3O3S. The van der Waals surface area contributed by atoms with Crippen LogP contribution < -0.4 is 5.32 Å². The van der Waals surface area contributed by atoms with Gasteiger partial charge in [0.25, 0.3) is 0 Å². The molecule has 25 heavy (non-hydrogen) atoms. The van der Waals surface area contributed by atoms with E-state index in [-0.39, 0.29) is 12.3 Å². The fraction of sp³-hybridized carbons (Fsp3) is 0.389. The van der Waals surface area contributed by atoms with E-state index in [1.54, 1.807) is 16.4 Å². The maximum Gasteiger partial charge on any atom is 0.304 e. The third kappa shape index (κ3) is 5.63. The molecule has 1 aromatic carbocycles. The Bertz CT molecular complexity index is 771. The number of amides is 1. The van der Waals surface area contributed by atoms with Crippen molar-refractivity contribution in [2.24, 2.45) is 7.05 Å². The van der Waals surface area contributed by atoms with Crippen molar-refractivity contribution in [1.82, 2.24) is 9.78 Å². The molecule has 0 saturated carbocycles. The first-order chi connectivity index (χ1) is 11.9. The molecule has 6 nitrogen and oxygen atoms in total. The van der Waals surface area contributed by atoms with Crippen LogP contribution in [-0.4, -0.2) is 32.5 Å². The van der Waals surface area contributed by atoms with Gasteiger partial charge in [0, 0.05) is 35.5 Å². The monoisotopic (exact) mass is 361 g/mol. The summed E-state index contributed by atoms with van der Waals surface area (Å²) in [5.41, 5.74) is 4.64. The first kappa shape index (κ1) is 19.1. The Morgan fingerprint density at radius 1 is 1.32 bits per heavy atom. The molecule has 2 rings (SSSR count). The summed E-state index contributed by atoms with van der Waals surface area (Å²) in [6.07, 6.45) is 0.452.